The fourth-order valence-electron chi connectivity index (χ4n) is 0.820. The Bertz CT molecular complexity index is 333. The Kier molecular flexibility index (Phi) is 7.29. The highest BCUT2D eigenvalue weighted by Crippen LogP contribution is 1.97. The molecule has 0 spiro atoms. The second-order valence-electron chi connectivity index (χ2n) is 2.68. The molecule has 0 amide bonds. The van der Waals surface area contributed by atoms with E-state index >= 15 is 0 Å². The van der Waals surface area contributed by atoms with Gasteiger partial charge in [-0.1, -0.05) is 5.92 Å². The molecule has 0 unspecified atom stereocenters. The SMILES string of the molecule is CCOC(C#C[C@H](C)OS(=O)(=O)[O-])OCC. The average Bonchev–Trinajstić information content (AvgIpc) is 2.12. The Balaban J connectivity index is 4.31. The molecule has 6 nitrogen and oxygen atoms in total. The molecule has 1 atom stereocenters. The van der Waals surface area contributed by atoms with E-state index in [1.165, 1.54) is 6.92 Å². The number of ether oxygens (including phenoxy) is 2. The predicted octanol–water partition coefficient (Wildman–Crippen LogP) is 0.254. The van der Waals surface area contributed by atoms with Gasteiger partial charge in [0.25, 0.3) is 0 Å². The topological polar surface area (TPSA) is 84.9 Å². The molecule has 16 heavy (non-hydrogen) atoms. The van der Waals surface area contributed by atoms with Crippen LogP contribution in [0.25, 0.3) is 0 Å². The summed E-state index contributed by atoms with van der Waals surface area (Å²) in [4.78, 5) is 0. The first-order chi connectivity index (χ1) is 7.39. The van der Waals surface area contributed by atoms with Crippen molar-refractivity contribution < 1.29 is 26.6 Å². The van der Waals surface area contributed by atoms with Gasteiger partial charge < -0.3 is 14.0 Å². The van der Waals surface area contributed by atoms with E-state index in [9.17, 15) is 13.0 Å². The molecule has 0 bridgehead atoms. The van der Waals surface area contributed by atoms with E-state index < -0.39 is 22.8 Å². The minimum absolute atomic E-state index is 0.411. The standard InChI is InChI=1S/C9H16O6S/c1-4-13-9(14-5-2)7-6-8(3)15-16(10,11)12/h8-9H,4-5H2,1-3H3,(H,10,11,12)/p-1/t8-/m0/s1. The summed E-state index contributed by atoms with van der Waals surface area (Å²) in [5, 5.41) is 0. The van der Waals surface area contributed by atoms with Crippen LogP contribution in [0.2, 0.25) is 0 Å². The Morgan fingerprint density at radius 2 is 1.69 bits per heavy atom. The largest absolute Gasteiger partial charge is 0.725 e. The van der Waals surface area contributed by atoms with Crippen LogP contribution in [-0.2, 0) is 24.1 Å². The highest BCUT2D eigenvalue weighted by atomic mass is 32.3. The highest BCUT2D eigenvalue weighted by molar-refractivity contribution is 7.80. The van der Waals surface area contributed by atoms with Crippen molar-refractivity contribution >= 4 is 10.4 Å². The molecule has 0 radical (unpaired) electrons. The van der Waals surface area contributed by atoms with Crippen LogP contribution >= 0.6 is 0 Å². The molecule has 0 aliphatic rings. The zero-order chi connectivity index (χ0) is 12.6. The normalized spacial score (nSPS) is 13.3. The van der Waals surface area contributed by atoms with E-state index in [4.69, 9.17) is 9.47 Å². The van der Waals surface area contributed by atoms with Crippen LogP contribution in [0, 0.1) is 11.8 Å². The first-order valence-electron chi connectivity index (χ1n) is 4.77. The summed E-state index contributed by atoms with van der Waals surface area (Å²) in [5.41, 5.74) is 0. The lowest BCUT2D eigenvalue weighted by molar-refractivity contribution is -0.0971. The molecule has 7 heteroatoms. The summed E-state index contributed by atoms with van der Waals surface area (Å²) in [6.07, 6.45) is -1.76. The maximum absolute atomic E-state index is 10.2. The van der Waals surface area contributed by atoms with Crippen molar-refractivity contribution in [1.29, 1.82) is 0 Å². The van der Waals surface area contributed by atoms with Gasteiger partial charge in [-0.05, 0) is 26.7 Å². The smallest absolute Gasteiger partial charge is 0.222 e. The van der Waals surface area contributed by atoms with E-state index in [-0.39, 0.29) is 0 Å². The molecule has 0 aliphatic heterocycles. The molecule has 0 aromatic carbocycles. The first-order valence-corrected chi connectivity index (χ1v) is 6.10. The van der Waals surface area contributed by atoms with E-state index in [1.807, 2.05) is 0 Å². The van der Waals surface area contributed by atoms with Crippen molar-refractivity contribution in [3.63, 3.8) is 0 Å². The zero-order valence-electron chi connectivity index (χ0n) is 9.43. The molecular weight excluding hydrogens is 236 g/mol. The second-order valence-corrected chi connectivity index (χ2v) is 3.69. The first kappa shape index (κ1) is 15.3. The molecule has 0 aromatic rings. The van der Waals surface area contributed by atoms with Gasteiger partial charge in [-0.25, -0.2) is 8.42 Å². The monoisotopic (exact) mass is 251 g/mol. The molecule has 94 valence electrons. The molecule has 0 fully saturated rings. The molecule has 0 saturated carbocycles. The minimum Gasteiger partial charge on any atom is -0.725 e. The summed E-state index contributed by atoms with van der Waals surface area (Å²) in [6, 6.07) is 0. The van der Waals surface area contributed by atoms with Crippen LogP contribution in [0.15, 0.2) is 0 Å². The van der Waals surface area contributed by atoms with E-state index in [2.05, 4.69) is 16.0 Å². The Morgan fingerprint density at radius 1 is 1.19 bits per heavy atom. The lowest BCUT2D eigenvalue weighted by atomic mass is 10.4. The van der Waals surface area contributed by atoms with Crippen LogP contribution < -0.4 is 0 Å². The maximum atomic E-state index is 10.2. The third kappa shape index (κ3) is 8.64. The van der Waals surface area contributed by atoms with Gasteiger partial charge in [0.15, 0.2) is 0 Å². The molecule has 0 aromatic heterocycles. The van der Waals surface area contributed by atoms with Gasteiger partial charge in [-0.15, -0.1) is 0 Å². The van der Waals surface area contributed by atoms with E-state index in [0.717, 1.165) is 0 Å². The lowest BCUT2D eigenvalue weighted by Crippen LogP contribution is -2.17. The summed E-state index contributed by atoms with van der Waals surface area (Å²) in [5.74, 6) is 4.93. The summed E-state index contributed by atoms with van der Waals surface area (Å²) >= 11 is 0. The average molecular weight is 251 g/mol. The van der Waals surface area contributed by atoms with E-state index in [1.54, 1.807) is 13.8 Å². The quantitative estimate of drug-likeness (QED) is 0.291. The van der Waals surface area contributed by atoms with Gasteiger partial charge in [-0.3, -0.25) is 4.18 Å². The van der Waals surface area contributed by atoms with Crippen molar-refractivity contribution in [3.8, 4) is 11.8 Å². The minimum atomic E-state index is -4.73. The molecular formula is C9H15O6S-. The van der Waals surface area contributed by atoms with Crippen LogP contribution in [0.4, 0.5) is 0 Å². The molecule has 0 rings (SSSR count). The van der Waals surface area contributed by atoms with Crippen LogP contribution in [0.5, 0.6) is 0 Å². The van der Waals surface area contributed by atoms with E-state index in [0.29, 0.717) is 13.2 Å². The third-order valence-corrected chi connectivity index (χ3v) is 1.83. The van der Waals surface area contributed by atoms with Crippen molar-refractivity contribution in [3.05, 3.63) is 0 Å². The number of hydrogen-bond donors (Lipinski definition) is 0. The number of hydrogen-bond acceptors (Lipinski definition) is 6. The van der Waals surface area contributed by atoms with Crippen molar-refractivity contribution in [1.82, 2.24) is 0 Å². The maximum Gasteiger partial charge on any atom is 0.222 e. The Hall–Kier alpha value is -0.650. The predicted molar refractivity (Wildman–Crippen MR) is 55.1 cm³/mol. The molecule has 0 N–H and O–H groups in total. The molecule has 0 saturated heterocycles. The fourth-order valence-corrected chi connectivity index (χ4v) is 1.22. The summed E-state index contributed by atoms with van der Waals surface area (Å²) in [6.45, 7) is 5.71. The van der Waals surface area contributed by atoms with Gasteiger partial charge >= 0.3 is 0 Å². The van der Waals surface area contributed by atoms with Gasteiger partial charge in [0, 0.05) is 13.2 Å². The summed E-state index contributed by atoms with van der Waals surface area (Å²) in [7, 11) is -4.73. The van der Waals surface area contributed by atoms with Crippen molar-refractivity contribution in [2.75, 3.05) is 13.2 Å². The van der Waals surface area contributed by atoms with Crippen LogP contribution in [-0.4, -0.2) is 38.6 Å². The zero-order valence-corrected chi connectivity index (χ0v) is 10.2. The third-order valence-electron chi connectivity index (χ3n) is 1.30. The highest BCUT2D eigenvalue weighted by Gasteiger charge is 2.05. The van der Waals surface area contributed by atoms with Crippen LogP contribution in [0.1, 0.15) is 20.8 Å². The fraction of sp³-hybridized carbons (Fsp3) is 0.778. The van der Waals surface area contributed by atoms with Gasteiger partial charge in [0.2, 0.25) is 16.7 Å². The van der Waals surface area contributed by atoms with Gasteiger partial charge in [0.1, 0.15) is 6.10 Å². The van der Waals surface area contributed by atoms with Gasteiger partial charge in [0.05, 0.1) is 0 Å². The van der Waals surface area contributed by atoms with Crippen molar-refractivity contribution in [2.45, 2.75) is 33.2 Å². The van der Waals surface area contributed by atoms with Crippen molar-refractivity contribution in [2.24, 2.45) is 0 Å². The number of rotatable bonds is 6. The van der Waals surface area contributed by atoms with Gasteiger partial charge in [-0.2, -0.15) is 0 Å². The molecule has 0 aliphatic carbocycles. The Morgan fingerprint density at radius 3 is 2.06 bits per heavy atom. The summed E-state index contributed by atoms with van der Waals surface area (Å²) < 4.78 is 44.9. The molecule has 0 heterocycles. The lowest BCUT2D eigenvalue weighted by Gasteiger charge is -2.12. The van der Waals surface area contributed by atoms with Crippen LogP contribution in [0.3, 0.4) is 0 Å². The second kappa shape index (κ2) is 7.60. The Labute approximate surface area is 95.8 Å².